The van der Waals surface area contributed by atoms with Gasteiger partial charge in [-0.3, -0.25) is 4.79 Å². The number of thiophene rings is 1. The van der Waals surface area contributed by atoms with Gasteiger partial charge in [0.05, 0.1) is 41.6 Å². The molecule has 0 radical (unpaired) electrons. The molecule has 33 heavy (non-hydrogen) atoms. The lowest BCUT2D eigenvalue weighted by atomic mass is 10.0. The maximum atomic E-state index is 13.2. The first kappa shape index (κ1) is 22.5. The molecule has 2 aromatic heterocycles. The van der Waals surface area contributed by atoms with Crippen LogP contribution in [0.5, 0.6) is 11.5 Å². The Balaban J connectivity index is 1.73. The van der Waals surface area contributed by atoms with Gasteiger partial charge in [-0.2, -0.15) is 5.10 Å². The van der Waals surface area contributed by atoms with Crippen molar-refractivity contribution in [3.63, 3.8) is 0 Å². The predicted octanol–water partition coefficient (Wildman–Crippen LogP) is 5.70. The molecule has 0 unspecified atom stereocenters. The fourth-order valence-electron chi connectivity index (χ4n) is 3.52. The number of para-hydroxylation sites is 1. The van der Waals surface area contributed by atoms with Crippen molar-refractivity contribution >= 4 is 33.9 Å². The van der Waals surface area contributed by atoms with Crippen LogP contribution in [-0.4, -0.2) is 30.8 Å². The molecule has 0 aliphatic heterocycles. The third-order valence-corrected chi connectivity index (χ3v) is 6.68. The number of rotatable bonds is 7. The van der Waals surface area contributed by atoms with Crippen molar-refractivity contribution in [2.45, 2.75) is 20.3 Å². The molecule has 2 aromatic carbocycles. The van der Waals surface area contributed by atoms with Crippen molar-refractivity contribution in [1.82, 2.24) is 10.4 Å². The molecule has 2 heterocycles. The van der Waals surface area contributed by atoms with E-state index in [2.05, 4.69) is 23.5 Å². The lowest BCUT2D eigenvalue weighted by Crippen LogP contribution is -2.20. The van der Waals surface area contributed by atoms with Crippen LogP contribution in [0.25, 0.3) is 22.2 Å². The van der Waals surface area contributed by atoms with Crippen molar-refractivity contribution in [2.75, 3.05) is 14.2 Å². The Morgan fingerprint density at radius 1 is 1.06 bits per heavy atom. The van der Waals surface area contributed by atoms with Gasteiger partial charge in [-0.1, -0.05) is 25.1 Å². The standard InChI is InChI=1S/C26H25N3O3S/c1-5-18-11-13-25(33-18)16(2)28-29-26(30)21-15-23(27-22-9-7-6-8-19(21)22)20-12-10-17(31-3)14-24(20)32-4/h6-15H,5H2,1-4H3,(H,29,30). The number of aryl methyl sites for hydroxylation is 1. The lowest BCUT2D eigenvalue weighted by Gasteiger charge is -2.13. The van der Waals surface area contributed by atoms with Crippen LogP contribution >= 0.6 is 11.3 Å². The minimum atomic E-state index is -0.297. The second kappa shape index (κ2) is 9.83. The van der Waals surface area contributed by atoms with Crippen LogP contribution in [0, 0.1) is 0 Å². The van der Waals surface area contributed by atoms with E-state index in [0.717, 1.165) is 28.0 Å². The Labute approximate surface area is 196 Å². The number of benzene rings is 2. The molecule has 0 bridgehead atoms. The Morgan fingerprint density at radius 3 is 2.61 bits per heavy atom. The van der Waals surface area contributed by atoms with E-state index in [-0.39, 0.29) is 5.91 Å². The number of carbonyl (C=O) groups excluding carboxylic acids is 1. The number of carbonyl (C=O) groups is 1. The summed E-state index contributed by atoms with van der Waals surface area (Å²) in [5.74, 6) is 0.995. The fourth-order valence-corrected chi connectivity index (χ4v) is 4.42. The molecule has 7 heteroatoms. The summed E-state index contributed by atoms with van der Waals surface area (Å²) in [5, 5.41) is 5.10. The summed E-state index contributed by atoms with van der Waals surface area (Å²) in [5.41, 5.74) is 6.09. The SMILES string of the molecule is CCc1ccc(C(C)=NNC(=O)c2cc(-c3ccc(OC)cc3OC)nc3ccccc23)s1. The summed E-state index contributed by atoms with van der Waals surface area (Å²) in [4.78, 5) is 20.3. The number of methoxy groups -OCH3 is 2. The molecule has 4 rings (SSSR count). The average Bonchev–Trinajstić information content (AvgIpc) is 3.35. The Hall–Kier alpha value is -3.71. The normalized spacial score (nSPS) is 11.5. The molecule has 168 valence electrons. The Bertz CT molecular complexity index is 1340. The van der Waals surface area contributed by atoms with E-state index in [0.29, 0.717) is 28.3 Å². The molecule has 1 amide bonds. The first-order chi connectivity index (χ1) is 16.0. The molecule has 0 aliphatic carbocycles. The molecule has 0 atom stereocenters. The van der Waals surface area contributed by atoms with Gasteiger partial charge >= 0.3 is 0 Å². The Kier molecular flexibility index (Phi) is 6.70. The third-order valence-electron chi connectivity index (χ3n) is 5.34. The van der Waals surface area contributed by atoms with Gasteiger partial charge in [-0.15, -0.1) is 11.3 Å². The minimum absolute atomic E-state index is 0.297. The maximum absolute atomic E-state index is 13.2. The quantitative estimate of drug-likeness (QED) is 0.284. The van der Waals surface area contributed by atoms with Crippen LogP contribution in [0.1, 0.15) is 34.0 Å². The van der Waals surface area contributed by atoms with Crippen molar-refractivity contribution in [1.29, 1.82) is 0 Å². The third kappa shape index (κ3) is 4.73. The molecule has 6 nitrogen and oxygen atoms in total. The maximum Gasteiger partial charge on any atom is 0.272 e. The molecular formula is C26H25N3O3S. The van der Waals surface area contributed by atoms with Gasteiger partial charge in [-0.25, -0.2) is 10.4 Å². The number of nitrogens with one attached hydrogen (secondary N) is 1. The van der Waals surface area contributed by atoms with Crippen LogP contribution in [0.2, 0.25) is 0 Å². The van der Waals surface area contributed by atoms with E-state index < -0.39 is 0 Å². The molecule has 0 spiro atoms. The molecule has 1 N–H and O–H groups in total. The number of amides is 1. The summed E-state index contributed by atoms with van der Waals surface area (Å²) in [6.45, 7) is 4.01. The summed E-state index contributed by atoms with van der Waals surface area (Å²) in [6.07, 6.45) is 0.977. The zero-order chi connectivity index (χ0) is 23.4. The summed E-state index contributed by atoms with van der Waals surface area (Å²) < 4.78 is 10.9. The van der Waals surface area contributed by atoms with E-state index in [1.165, 1.54) is 4.88 Å². The van der Waals surface area contributed by atoms with E-state index in [4.69, 9.17) is 14.5 Å². The van der Waals surface area contributed by atoms with E-state index >= 15 is 0 Å². The van der Waals surface area contributed by atoms with E-state index in [1.54, 1.807) is 37.7 Å². The first-order valence-electron chi connectivity index (χ1n) is 10.6. The van der Waals surface area contributed by atoms with Crippen LogP contribution in [0.4, 0.5) is 0 Å². The minimum Gasteiger partial charge on any atom is -0.497 e. The van der Waals surface area contributed by atoms with Crippen LogP contribution in [0.15, 0.2) is 65.8 Å². The highest BCUT2D eigenvalue weighted by Gasteiger charge is 2.16. The van der Waals surface area contributed by atoms with Crippen molar-refractivity contribution < 1.29 is 14.3 Å². The summed E-state index contributed by atoms with van der Waals surface area (Å²) in [7, 11) is 3.20. The number of nitrogens with zero attached hydrogens (tertiary/aromatic N) is 2. The zero-order valence-corrected chi connectivity index (χ0v) is 19.8. The largest absolute Gasteiger partial charge is 0.497 e. The van der Waals surface area contributed by atoms with E-state index in [1.807, 2.05) is 49.4 Å². The molecule has 0 saturated heterocycles. The van der Waals surface area contributed by atoms with Gasteiger partial charge in [0.2, 0.25) is 0 Å². The first-order valence-corrected chi connectivity index (χ1v) is 11.4. The monoisotopic (exact) mass is 459 g/mol. The van der Waals surface area contributed by atoms with Gasteiger partial charge in [0.1, 0.15) is 11.5 Å². The highest BCUT2D eigenvalue weighted by molar-refractivity contribution is 7.14. The zero-order valence-electron chi connectivity index (χ0n) is 19.0. The van der Waals surface area contributed by atoms with Gasteiger partial charge in [-0.05, 0) is 49.7 Å². The summed E-state index contributed by atoms with van der Waals surface area (Å²) >= 11 is 1.68. The number of aromatic nitrogens is 1. The molecule has 0 fully saturated rings. The number of hydrogen-bond donors (Lipinski definition) is 1. The fraction of sp³-hybridized carbons (Fsp3) is 0.192. The highest BCUT2D eigenvalue weighted by atomic mass is 32.1. The number of ether oxygens (including phenoxy) is 2. The topological polar surface area (TPSA) is 72.8 Å². The van der Waals surface area contributed by atoms with Gasteiger partial charge in [0.15, 0.2) is 0 Å². The van der Waals surface area contributed by atoms with Crippen molar-refractivity contribution in [3.8, 4) is 22.8 Å². The Morgan fingerprint density at radius 2 is 1.88 bits per heavy atom. The van der Waals surface area contributed by atoms with Crippen LogP contribution in [-0.2, 0) is 6.42 Å². The van der Waals surface area contributed by atoms with Gasteiger partial charge in [0, 0.05) is 21.9 Å². The van der Waals surface area contributed by atoms with Crippen LogP contribution in [0.3, 0.4) is 0 Å². The summed E-state index contributed by atoms with van der Waals surface area (Å²) in [6, 6.07) is 19.0. The van der Waals surface area contributed by atoms with Crippen molar-refractivity contribution in [3.05, 3.63) is 76.0 Å². The average molecular weight is 460 g/mol. The van der Waals surface area contributed by atoms with E-state index in [9.17, 15) is 4.79 Å². The van der Waals surface area contributed by atoms with Gasteiger partial charge < -0.3 is 9.47 Å². The second-order valence-corrected chi connectivity index (χ2v) is 8.56. The number of pyridine rings is 1. The number of hydrogen-bond acceptors (Lipinski definition) is 6. The molecule has 0 aliphatic rings. The number of fused-ring (bicyclic) bond motifs is 1. The molecule has 0 saturated carbocycles. The smallest absolute Gasteiger partial charge is 0.272 e. The second-order valence-electron chi connectivity index (χ2n) is 7.40. The predicted molar refractivity (Wildman–Crippen MR) is 134 cm³/mol. The van der Waals surface area contributed by atoms with Gasteiger partial charge in [0.25, 0.3) is 5.91 Å². The van der Waals surface area contributed by atoms with Crippen LogP contribution < -0.4 is 14.9 Å². The lowest BCUT2D eigenvalue weighted by molar-refractivity contribution is 0.0956. The molecule has 4 aromatic rings. The highest BCUT2D eigenvalue weighted by Crippen LogP contribution is 2.34. The molecular weight excluding hydrogens is 434 g/mol. The number of hydrazone groups is 1. The van der Waals surface area contributed by atoms with Crippen molar-refractivity contribution in [2.24, 2.45) is 5.10 Å².